The molecule has 0 saturated carbocycles. The van der Waals surface area contributed by atoms with Gasteiger partial charge in [-0.15, -0.1) is 0 Å². The van der Waals surface area contributed by atoms with E-state index in [9.17, 15) is 5.11 Å². The number of carboxylic acids is 2. The van der Waals surface area contributed by atoms with Crippen molar-refractivity contribution in [2.24, 2.45) is 0 Å². The van der Waals surface area contributed by atoms with Crippen molar-refractivity contribution in [2.45, 2.75) is 18.7 Å². The number of aliphatic carboxylic acids is 2. The molecule has 192 valence electrons. The number of rotatable bonds is 7. The first kappa shape index (κ1) is 27.6. The van der Waals surface area contributed by atoms with Crippen molar-refractivity contribution in [3.63, 3.8) is 0 Å². The summed E-state index contributed by atoms with van der Waals surface area (Å²) in [6, 6.07) is 15.8. The molecule has 0 bridgehead atoms. The Morgan fingerprint density at radius 3 is 2.11 bits per heavy atom. The van der Waals surface area contributed by atoms with Crippen LogP contribution >= 0.6 is 23.2 Å². The average molecular weight is 535 g/mol. The number of hydrogen-bond acceptors (Lipinski definition) is 6. The Kier molecular flexibility index (Phi) is 9.86. The standard InChI is InChI=1S/C23H26Cl2N4O.C2H2O4/c24-20-6-7-21(22(25)14-20)23(30,17-29-9-8-26-18-29)16-28-12-10-27(11-13-28)15-19-4-2-1-3-5-19;3-1(4)2(5)6/h1-9,14,18,30H,10-13,15-17H2;(H,3,4)(H,5,6). The van der Waals surface area contributed by atoms with Gasteiger partial charge in [-0.25, -0.2) is 14.6 Å². The highest BCUT2D eigenvalue weighted by molar-refractivity contribution is 6.35. The molecule has 2 heterocycles. The third-order valence-corrected chi connectivity index (χ3v) is 6.37. The summed E-state index contributed by atoms with van der Waals surface area (Å²) in [5.41, 5.74) is 0.869. The fraction of sp³-hybridized carbons (Fsp3) is 0.320. The van der Waals surface area contributed by atoms with Gasteiger partial charge in [0, 0.05) is 67.3 Å². The van der Waals surface area contributed by atoms with E-state index in [2.05, 4.69) is 39.0 Å². The topological polar surface area (TPSA) is 119 Å². The van der Waals surface area contributed by atoms with Crippen molar-refractivity contribution in [2.75, 3.05) is 32.7 Å². The number of carboxylic acid groups (broad SMARTS) is 2. The minimum Gasteiger partial charge on any atom is -0.473 e. The van der Waals surface area contributed by atoms with E-state index in [-0.39, 0.29) is 0 Å². The van der Waals surface area contributed by atoms with E-state index in [1.165, 1.54) is 5.56 Å². The van der Waals surface area contributed by atoms with E-state index in [0.29, 0.717) is 28.7 Å². The third-order valence-electron chi connectivity index (χ3n) is 5.82. The maximum absolute atomic E-state index is 11.7. The van der Waals surface area contributed by atoms with Crippen molar-refractivity contribution in [3.8, 4) is 0 Å². The number of imidazole rings is 1. The van der Waals surface area contributed by atoms with Gasteiger partial charge in [-0.1, -0.05) is 59.6 Å². The van der Waals surface area contributed by atoms with Gasteiger partial charge in [0.05, 0.1) is 12.9 Å². The Morgan fingerprint density at radius 2 is 1.56 bits per heavy atom. The van der Waals surface area contributed by atoms with Gasteiger partial charge in [0.1, 0.15) is 5.60 Å². The molecule has 1 saturated heterocycles. The molecule has 1 aromatic heterocycles. The molecule has 0 aliphatic carbocycles. The third kappa shape index (κ3) is 8.04. The van der Waals surface area contributed by atoms with Crippen LogP contribution < -0.4 is 0 Å². The molecule has 2 aromatic carbocycles. The zero-order valence-corrected chi connectivity index (χ0v) is 21.0. The van der Waals surface area contributed by atoms with Crippen molar-refractivity contribution >= 4 is 35.1 Å². The number of benzene rings is 2. The molecular formula is C25H28Cl2N4O5. The predicted octanol–water partition coefficient (Wildman–Crippen LogP) is 3.05. The molecule has 36 heavy (non-hydrogen) atoms. The molecule has 1 aliphatic heterocycles. The van der Waals surface area contributed by atoms with Crippen LogP contribution in [0.2, 0.25) is 10.0 Å². The van der Waals surface area contributed by atoms with E-state index >= 15 is 0 Å². The van der Waals surface area contributed by atoms with E-state index in [1.54, 1.807) is 24.7 Å². The van der Waals surface area contributed by atoms with Crippen molar-refractivity contribution < 1.29 is 24.9 Å². The Balaban J connectivity index is 0.000000538. The van der Waals surface area contributed by atoms with E-state index in [0.717, 1.165) is 32.7 Å². The largest absolute Gasteiger partial charge is 0.473 e. The number of β-amino-alcohol motifs (C(OH)–C–C–N with tert-alkyl or cyclic N) is 1. The van der Waals surface area contributed by atoms with Crippen LogP contribution in [0.3, 0.4) is 0 Å². The maximum Gasteiger partial charge on any atom is 0.414 e. The molecule has 0 amide bonds. The summed E-state index contributed by atoms with van der Waals surface area (Å²) in [6.07, 6.45) is 5.28. The Morgan fingerprint density at radius 1 is 0.917 bits per heavy atom. The smallest absolute Gasteiger partial charge is 0.414 e. The molecule has 0 spiro atoms. The van der Waals surface area contributed by atoms with Gasteiger partial charge >= 0.3 is 11.9 Å². The van der Waals surface area contributed by atoms with Crippen LogP contribution in [0.4, 0.5) is 0 Å². The number of nitrogens with zero attached hydrogens (tertiary/aromatic N) is 4. The molecule has 11 heteroatoms. The van der Waals surface area contributed by atoms with Gasteiger partial charge < -0.3 is 19.9 Å². The van der Waals surface area contributed by atoms with E-state index in [4.69, 9.17) is 43.0 Å². The number of piperazine rings is 1. The quantitative estimate of drug-likeness (QED) is 0.395. The van der Waals surface area contributed by atoms with Gasteiger partial charge in [-0.3, -0.25) is 9.80 Å². The summed E-state index contributed by atoms with van der Waals surface area (Å²) in [4.78, 5) is 27.1. The minimum absolute atomic E-state index is 0.374. The zero-order chi connectivity index (χ0) is 26.1. The van der Waals surface area contributed by atoms with Gasteiger partial charge in [-0.2, -0.15) is 0 Å². The van der Waals surface area contributed by atoms with Crippen LogP contribution in [0.25, 0.3) is 0 Å². The van der Waals surface area contributed by atoms with Crippen LogP contribution in [-0.4, -0.2) is 79.3 Å². The molecule has 0 radical (unpaired) electrons. The predicted molar refractivity (Wildman–Crippen MR) is 136 cm³/mol. The maximum atomic E-state index is 11.7. The Labute approximate surface area is 219 Å². The van der Waals surface area contributed by atoms with Crippen molar-refractivity contribution in [1.29, 1.82) is 0 Å². The summed E-state index contributed by atoms with van der Waals surface area (Å²) in [5.74, 6) is -3.65. The average Bonchev–Trinajstić information content (AvgIpc) is 3.34. The van der Waals surface area contributed by atoms with Crippen molar-refractivity contribution in [3.05, 3.63) is 88.4 Å². The minimum atomic E-state index is -1.82. The SMILES string of the molecule is O=C(O)C(=O)O.OC(CN1CCN(Cc2ccccc2)CC1)(Cn1ccnc1)c1ccc(Cl)cc1Cl. The van der Waals surface area contributed by atoms with Crippen LogP contribution in [-0.2, 0) is 28.3 Å². The van der Waals surface area contributed by atoms with Crippen LogP contribution in [0.1, 0.15) is 11.1 Å². The molecule has 1 unspecified atom stereocenters. The number of halogens is 2. The number of carbonyl (C=O) groups is 2. The van der Waals surface area contributed by atoms with Gasteiger partial charge in [0.25, 0.3) is 0 Å². The molecular weight excluding hydrogens is 507 g/mol. The molecule has 1 atom stereocenters. The second-order valence-electron chi connectivity index (χ2n) is 8.54. The first-order chi connectivity index (χ1) is 17.2. The van der Waals surface area contributed by atoms with Crippen LogP contribution in [0.15, 0.2) is 67.3 Å². The molecule has 3 aromatic rings. The normalized spacial score (nSPS) is 16.0. The van der Waals surface area contributed by atoms with Crippen LogP contribution in [0, 0.1) is 0 Å². The second kappa shape index (κ2) is 12.8. The van der Waals surface area contributed by atoms with Gasteiger partial charge in [-0.05, 0) is 17.7 Å². The summed E-state index contributed by atoms with van der Waals surface area (Å²) < 4.78 is 1.89. The fourth-order valence-corrected chi connectivity index (χ4v) is 4.67. The second-order valence-corrected chi connectivity index (χ2v) is 9.38. The molecule has 1 fully saturated rings. The zero-order valence-electron chi connectivity index (χ0n) is 19.5. The lowest BCUT2D eigenvalue weighted by Crippen LogP contribution is -2.51. The summed E-state index contributed by atoms with van der Waals surface area (Å²) in [5, 5.41) is 27.6. The molecule has 9 nitrogen and oxygen atoms in total. The highest BCUT2D eigenvalue weighted by Crippen LogP contribution is 2.33. The molecule has 3 N–H and O–H groups in total. The van der Waals surface area contributed by atoms with Gasteiger partial charge in [0.2, 0.25) is 0 Å². The monoisotopic (exact) mass is 534 g/mol. The number of aliphatic hydroxyl groups is 1. The van der Waals surface area contributed by atoms with E-state index < -0.39 is 17.5 Å². The first-order valence-corrected chi connectivity index (χ1v) is 12.0. The van der Waals surface area contributed by atoms with Gasteiger partial charge in [0.15, 0.2) is 0 Å². The molecule has 4 rings (SSSR count). The lowest BCUT2D eigenvalue weighted by atomic mass is 9.92. The number of hydrogen-bond donors (Lipinski definition) is 3. The molecule has 1 aliphatic rings. The van der Waals surface area contributed by atoms with Crippen molar-refractivity contribution in [1.82, 2.24) is 19.4 Å². The highest BCUT2D eigenvalue weighted by atomic mass is 35.5. The first-order valence-electron chi connectivity index (χ1n) is 11.2. The lowest BCUT2D eigenvalue weighted by molar-refractivity contribution is -0.159. The fourth-order valence-electron chi connectivity index (χ4n) is 4.09. The Bertz CT molecular complexity index is 1130. The lowest BCUT2D eigenvalue weighted by Gasteiger charge is -2.40. The summed E-state index contributed by atoms with van der Waals surface area (Å²) >= 11 is 12.6. The summed E-state index contributed by atoms with van der Waals surface area (Å²) in [6.45, 7) is 5.53. The highest BCUT2D eigenvalue weighted by Gasteiger charge is 2.35. The van der Waals surface area contributed by atoms with Crippen LogP contribution in [0.5, 0.6) is 0 Å². The van der Waals surface area contributed by atoms with E-state index in [1.807, 2.05) is 22.9 Å². The Hall–Kier alpha value is -2.95. The number of aromatic nitrogens is 2. The summed E-state index contributed by atoms with van der Waals surface area (Å²) in [7, 11) is 0.